The van der Waals surface area contributed by atoms with Crippen LogP contribution in [-0.2, 0) is 12.8 Å². The van der Waals surface area contributed by atoms with Gasteiger partial charge in [-0.2, -0.15) is 0 Å². The molecule has 0 radical (unpaired) electrons. The van der Waals surface area contributed by atoms with Crippen molar-refractivity contribution in [2.24, 2.45) is 0 Å². The average Bonchev–Trinajstić information content (AvgIpc) is 2.54. The van der Waals surface area contributed by atoms with Crippen LogP contribution in [0.15, 0.2) is 36.4 Å². The lowest BCUT2D eigenvalue weighted by molar-refractivity contribution is 0.102. The van der Waals surface area contributed by atoms with E-state index >= 15 is 0 Å². The van der Waals surface area contributed by atoms with Crippen LogP contribution in [0.4, 0.5) is 11.5 Å². The molecule has 4 nitrogen and oxygen atoms in total. The zero-order valence-corrected chi connectivity index (χ0v) is 12.7. The van der Waals surface area contributed by atoms with Crippen molar-refractivity contribution < 1.29 is 4.79 Å². The number of rotatable bonds is 5. The Hall–Kier alpha value is -2.36. The number of benzene rings is 1. The van der Waals surface area contributed by atoms with Gasteiger partial charge in [0.1, 0.15) is 5.82 Å². The molecule has 1 aromatic carbocycles. The molecule has 2 N–H and O–H groups in total. The maximum absolute atomic E-state index is 12.4. The molecule has 1 amide bonds. The summed E-state index contributed by atoms with van der Waals surface area (Å²) in [5.41, 5.74) is 3.54. The molecular weight excluding hydrogens is 262 g/mol. The van der Waals surface area contributed by atoms with Crippen molar-refractivity contribution in [2.75, 3.05) is 17.7 Å². The monoisotopic (exact) mass is 283 g/mol. The van der Waals surface area contributed by atoms with Crippen LogP contribution in [0.25, 0.3) is 0 Å². The van der Waals surface area contributed by atoms with E-state index in [0.29, 0.717) is 11.4 Å². The summed E-state index contributed by atoms with van der Waals surface area (Å²) in [6.07, 6.45) is 1.74. The Balaban J connectivity index is 2.23. The molecule has 0 aliphatic heterocycles. The van der Waals surface area contributed by atoms with Crippen molar-refractivity contribution in [2.45, 2.75) is 26.7 Å². The Bertz CT molecular complexity index is 615. The minimum absolute atomic E-state index is 0.114. The van der Waals surface area contributed by atoms with Crippen molar-refractivity contribution >= 4 is 17.4 Å². The van der Waals surface area contributed by atoms with E-state index in [1.165, 1.54) is 5.56 Å². The van der Waals surface area contributed by atoms with Gasteiger partial charge in [-0.15, -0.1) is 0 Å². The molecule has 0 saturated heterocycles. The van der Waals surface area contributed by atoms with E-state index in [2.05, 4.69) is 28.6 Å². The lowest BCUT2D eigenvalue weighted by atomic mass is 10.1. The summed E-state index contributed by atoms with van der Waals surface area (Å²) in [6.45, 7) is 4.12. The number of carbonyl (C=O) groups is 1. The molecular formula is C17H21N3O. The Kier molecular flexibility index (Phi) is 4.93. The number of nitrogens with one attached hydrogen (secondary N) is 2. The van der Waals surface area contributed by atoms with E-state index in [4.69, 9.17) is 0 Å². The van der Waals surface area contributed by atoms with Gasteiger partial charge in [0, 0.05) is 24.0 Å². The van der Waals surface area contributed by atoms with E-state index < -0.39 is 0 Å². The predicted octanol–water partition coefficient (Wildman–Crippen LogP) is 3.50. The predicted molar refractivity (Wildman–Crippen MR) is 86.9 cm³/mol. The molecule has 2 rings (SSSR count). The van der Waals surface area contributed by atoms with Crippen LogP contribution < -0.4 is 10.6 Å². The van der Waals surface area contributed by atoms with Crippen LogP contribution in [0.3, 0.4) is 0 Å². The summed E-state index contributed by atoms with van der Waals surface area (Å²) < 4.78 is 0. The number of aromatic nitrogens is 1. The third-order valence-electron chi connectivity index (χ3n) is 3.35. The van der Waals surface area contributed by atoms with Crippen LogP contribution in [0.1, 0.15) is 35.5 Å². The van der Waals surface area contributed by atoms with Gasteiger partial charge in [0.25, 0.3) is 5.91 Å². The lowest BCUT2D eigenvalue weighted by Gasteiger charge is -2.09. The van der Waals surface area contributed by atoms with Gasteiger partial charge < -0.3 is 10.6 Å². The molecule has 0 aliphatic carbocycles. The van der Waals surface area contributed by atoms with Gasteiger partial charge in [0.15, 0.2) is 0 Å². The summed E-state index contributed by atoms with van der Waals surface area (Å²) in [5, 5.41) is 5.93. The van der Waals surface area contributed by atoms with Crippen LogP contribution in [-0.4, -0.2) is 17.9 Å². The third kappa shape index (κ3) is 3.81. The lowest BCUT2D eigenvalue weighted by Crippen LogP contribution is -2.13. The van der Waals surface area contributed by atoms with Gasteiger partial charge in [-0.25, -0.2) is 4.98 Å². The summed E-state index contributed by atoms with van der Waals surface area (Å²) in [7, 11) is 1.80. The van der Waals surface area contributed by atoms with Crippen LogP contribution in [0, 0.1) is 0 Å². The Morgan fingerprint density at radius 1 is 1.14 bits per heavy atom. The molecule has 1 heterocycles. The van der Waals surface area contributed by atoms with Crippen molar-refractivity contribution in [3.8, 4) is 0 Å². The quantitative estimate of drug-likeness (QED) is 0.883. The minimum atomic E-state index is -0.114. The van der Waals surface area contributed by atoms with Crippen molar-refractivity contribution in [1.82, 2.24) is 4.98 Å². The minimum Gasteiger partial charge on any atom is -0.373 e. The van der Waals surface area contributed by atoms with Crippen LogP contribution >= 0.6 is 0 Å². The van der Waals surface area contributed by atoms with Crippen LogP contribution in [0.5, 0.6) is 0 Å². The molecule has 1 aromatic heterocycles. The summed E-state index contributed by atoms with van der Waals surface area (Å²) in [5.74, 6) is 0.596. The maximum atomic E-state index is 12.4. The maximum Gasteiger partial charge on any atom is 0.255 e. The molecule has 0 spiro atoms. The number of nitrogens with zero attached hydrogens (tertiary/aromatic N) is 1. The molecule has 0 aliphatic rings. The molecule has 0 fully saturated rings. The molecule has 0 bridgehead atoms. The Morgan fingerprint density at radius 3 is 2.62 bits per heavy atom. The topological polar surface area (TPSA) is 54.0 Å². The van der Waals surface area contributed by atoms with Gasteiger partial charge in [0.2, 0.25) is 0 Å². The first-order valence-electron chi connectivity index (χ1n) is 7.25. The SMILES string of the molecule is CCc1cccc(NC(=O)c2cc(CC)nc(NC)c2)c1. The average molecular weight is 283 g/mol. The van der Waals surface area contributed by atoms with Crippen molar-refractivity contribution in [3.05, 3.63) is 53.2 Å². The highest BCUT2D eigenvalue weighted by molar-refractivity contribution is 6.04. The zero-order valence-electron chi connectivity index (χ0n) is 12.7. The van der Waals surface area contributed by atoms with E-state index in [9.17, 15) is 4.79 Å². The van der Waals surface area contributed by atoms with Gasteiger partial charge >= 0.3 is 0 Å². The molecule has 110 valence electrons. The van der Waals surface area contributed by atoms with E-state index in [1.54, 1.807) is 13.1 Å². The normalized spacial score (nSPS) is 10.2. The first-order valence-corrected chi connectivity index (χ1v) is 7.25. The Morgan fingerprint density at radius 2 is 1.95 bits per heavy atom. The second kappa shape index (κ2) is 6.88. The highest BCUT2D eigenvalue weighted by Crippen LogP contribution is 2.15. The second-order valence-corrected chi connectivity index (χ2v) is 4.84. The number of hydrogen-bond acceptors (Lipinski definition) is 3. The first kappa shape index (κ1) is 15.0. The largest absolute Gasteiger partial charge is 0.373 e. The fraction of sp³-hybridized carbons (Fsp3) is 0.294. The van der Waals surface area contributed by atoms with Gasteiger partial charge in [0.05, 0.1) is 0 Å². The van der Waals surface area contributed by atoms with E-state index in [1.807, 2.05) is 31.2 Å². The number of pyridine rings is 1. The molecule has 0 saturated carbocycles. The van der Waals surface area contributed by atoms with Gasteiger partial charge in [-0.05, 0) is 42.7 Å². The highest BCUT2D eigenvalue weighted by Gasteiger charge is 2.09. The van der Waals surface area contributed by atoms with Crippen LogP contribution in [0.2, 0.25) is 0 Å². The number of aryl methyl sites for hydroxylation is 2. The molecule has 0 atom stereocenters. The van der Waals surface area contributed by atoms with Crippen molar-refractivity contribution in [3.63, 3.8) is 0 Å². The second-order valence-electron chi connectivity index (χ2n) is 4.84. The fourth-order valence-electron chi connectivity index (χ4n) is 2.10. The number of hydrogen-bond donors (Lipinski definition) is 2. The first-order chi connectivity index (χ1) is 10.2. The number of anilines is 2. The number of carbonyl (C=O) groups excluding carboxylic acids is 1. The highest BCUT2D eigenvalue weighted by atomic mass is 16.1. The van der Waals surface area contributed by atoms with Gasteiger partial charge in [-0.3, -0.25) is 4.79 Å². The van der Waals surface area contributed by atoms with Gasteiger partial charge in [-0.1, -0.05) is 26.0 Å². The third-order valence-corrected chi connectivity index (χ3v) is 3.35. The fourth-order valence-corrected chi connectivity index (χ4v) is 2.10. The summed E-state index contributed by atoms with van der Waals surface area (Å²) in [4.78, 5) is 16.8. The van der Waals surface area contributed by atoms with E-state index in [-0.39, 0.29) is 5.91 Å². The number of amides is 1. The van der Waals surface area contributed by atoms with E-state index in [0.717, 1.165) is 24.2 Å². The Labute approximate surface area is 125 Å². The smallest absolute Gasteiger partial charge is 0.255 e. The molecule has 2 aromatic rings. The summed E-state index contributed by atoms with van der Waals surface area (Å²) in [6, 6.07) is 11.5. The molecule has 0 unspecified atom stereocenters. The molecule has 21 heavy (non-hydrogen) atoms. The molecule has 4 heteroatoms. The standard InChI is InChI=1S/C17H21N3O/c1-4-12-7-6-8-15(9-12)20-17(21)13-10-14(5-2)19-16(11-13)18-3/h6-11H,4-5H2,1-3H3,(H,18,19)(H,20,21). The zero-order chi connectivity index (χ0) is 15.2. The summed E-state index contributed by atoms with van der Waals surface area (Å²) >= 11 is 0. The van der Waals surface area contributed by atoms with Crippen molar-refractivity contribution in [1.29, 1.82) is 0 Å².